The number of amides is 2. The zero-order valence-corrected chi connectivity index (χ0v) is 18.6. The number of nitrogens with one attached hydrogen (secondary N) is 1. The lowest BCUT2D eigenvalue weighted by molar-refractivity contribution is -0.119. The minimum atomic E-state index is -1.35. The molecule has 7 heteroatoms. The van der Waals surface area contributed by atoms with Crippen molar-refractivity contribution < 1.29 is 24.2 Å². The summed E-state index contributed by atoms with van der Waals surface area (Å²) >= 11 is 0. The van der Waals surface area contributed by atoms with Gasteiger partial charge in [0.05, 0.1) is 5.60 Å². The van der Waals surface area contributed by atoms with E-state index in [1.165, 1.54) is 17.9 Å². The van der Waals surface area contributed by atoms with E-state index in [0.717, 1.165) is 11.1 Å². The smallest absolute Gasteiger partial charge is 0.407 e. The van der Waals surface area contributed by atoms with E-state index in [-0.39, 0.29) is 24.2 Å². The quantitative estimate of drug-likeness (QED) is 0.558. The maximum atomic E-state index is 14.8. The van der Waals surface area contributed by atoms with E-state index in [0.29, 0.717) is 49.9 Å². The van der Waals surface area contributed by atoms with E-state index in [1.807, 2.05) is 31.2 Å². The number of aliphatic hydroxyl groups is 1. The van der Waals surface area contributed by atoms with Gasteiger partial charge in [0.2, 0.25) is 5.91 Å². The Morgan fingerprint density at radius 2 is 2.03 bits per heavy atom. The molecule has 0 saturated carbocycles. The molecule has 2 aromatic carbocycles. The lowest BCUT2D eigenvalue weighted by Gasteiger charge is -2.42. The molecule has 6 nitrogen and oxygen atoms in total. The number of carbonyl (C=O) groups is 2. The van der Waals surface area contributed by atoms with Crippen LogP contribution in [0.2, 0.25) is 0 Å². The second-order valence-electron chi connectivity index (χ2n) is 8.64. The van der Waals surface area contributed by atoms with Crippen molar-refractivity contribution in [3.05, 3.63) is 59.4 Å². The fraction of sp³-hybridized carbons (Fsp3) is 0.440. The Morgan fingerprint density at radius 3 is 2.72 bits per heavy atom. The molecule has 0 radical (unpaired) electrons. The molecule has 0 aliphatic carbocycles. The largest absolute Gasteiger partial charge is 0.465 e. The summed E-state index contributed by atoms with van der Waals surface area (Å²) < 4.78 is 14.8. The lowest BCUT2D eigenvalue weighted by Crippen LogP contribution is -2.48. The third kappa shape index (κ3) is 5.46. The highest BCUT2D eigenvalue weighted by Gasteiger charge is 2.41. The third-order valence-electron chi connectivity index (χ3n) is 6.27. The zero-order valence-electron chi connectivity index (χ0n) is 18.6. The highest BCUT2D eigenvalue weighted by molar-refractivity contribution is 5.72. The Labute approximate surface area is 188 Å². The van der Waals surface area contributed by atoms with E-state index in [1.54, 1.807) is 12.1 Å². The van der Waals surface area contributed by atoms with Gasteiger partial charge in [-0.2, -0.15) is 0 Å². The monoisotopic (exact) mass is 442 g/mol. The second-order valence-corrected chi connectivity index (χ2v) is 8.64. The van der Waals surface area contributed by atoms with Crippen molar-refractivity contribution in [3.8, 4) is 11.1 Å². The molecule has 1 aliphatic heterocycles. The number of carbonyl (C=O) groups excluding carboxylic acids is 1. The van der Waals surface area contributed by atoms with Crippen LogP contribution in [0.25, 0.3) is 11.1 Å². The Balaban J connectivity index is 1.97. The first-order valence-electron chi connectivity index (χ1n) is 11.0. The van der Waals surface area contributed by atoms with E-state index >= 15 is 0 Å². The Morgan fingerprint density at radius 1 is 1.25 bits per heavy atom. The van der Waals surface area contributed by atoms with Crippen molar-refractivity contribution in [2.75, 3.05) is 19.6 Å². The molecule has 0 aromatic heterocycles. The average molecular weight is 443 g/mol. The van der Waals surface area contributed by atoms with Crippen molar-refractivity contribution >= 4 is 12.0 Å². The first kappa shape index (κ1) is 23.7. The summed E-state index contributed by atoms with van der Waals surface area (Å²) in [5, 5.41) is 24.1. The van der Waals surface area contributed by atoms with Crippen LogP contribution in [0.1, 0.15) is 43.7 Å². The van der Waals surface area contributed by atoms with Crippen LogP contribution in [0.5, 0.6) is 0 Å². The molecule has 1 fully saturated rings. The van der Waals surface area contributed by atoms with Crippen LogP contribution in [0, 0.1) is 18.7 Å². The van der Waals surface area contributed by atoms with Gasteiger partial charge < -0.3 is 20.4 Å². The van der Waals surface area contributed by atoms with Gasteiger partial charge in [-0.3, -0.25) is 4.79 Å². The maximum absolute atomic E-state index is 14.8. The summed E-state index contributed by atoms with van der Waals surface area (Å²) in [6.07, 6.45) is 1.14. The van der Waals surface area contributed by atoms with Gasteiger partial charge in [-0.1, -0.05) is 35.9 Å². The predicted octanol–water partition coefficient (Wildman–Crippen LogP) is 4.30. The molecule has 1 aliphatic rings. The number of benzene rings is 2. The SMILES string of the molecule is CC(=O)NCCC[C@@](O)(c1ccc(F)c(-c2cccc(C)c2)c1)C1CCCN(C(=O)O)C1. The molecular formula is C25H31FN2O4. The molecule has 3 rings (SSSR count). The Hall–Kier alpha value is -2.93. The topological polar surface area (TPSA) is 89.9 Å². The number of likely N-dealkylation sites (tertiary alicyclic amines) is 1. The van der Waals surface area contributed by atoms with Crippen molar-refractivity contribution in [1.29, 1.82) is 0 Å². The van der Waals surface area contributed by atoms with Crippen molar-refractivity contribution in [1.82, 2.24) is 10.2 Å². The molecule has 2 aromatic rings. The summed E-state index contributed by atoms with van der Waals surface area (Å²) in [5.74, 6) is -0.858. The number of hydrogen-bond acceptors (Lipinski definition) is 3. The van der Waals surface area contributed by atoms with Gasteiger partial charge in [0, 0.05) is 38.0 Å². The number of rotatable bonds is 7. The van der Waals surface area contributed by atoms with Gasteiger partial charge in [-0.15, -0.1) is 0 Å². The Bertz CT molecular complexity index is 980. The number of halogens is 1. The van der Waals surface area contributed by atoms with Crippen LogP contribution in [0.4, 0.5) is 9.18 Å². The first-order chi connectivity index (χ1) is 15.2. The molecule has 0 spiro atoms. The number of hydrogen-bond donors (Lipinski definition) is 3. The van der Waals surface area contributed by atoms with Gasteiger partial charge in [0.1, 0.15) is 5.82 Å². The van der Waals surface area contributed by atoms with E-state index < -0.39 is 11.7 Å². The molecule has 1 unspecified atom stereocenters. The van der Waals surface area contributed by atoms with Crippen molar-refractivity contribution in [2.24, 2.45) is 5.92 Å². The first-order valence-corrected chi connectivity index (χ1v) is 11.0. The predicted molar refractivity (Wildman–Crippen MR) is 121 cm³/mol. The van der Waals surface area contributed by atoms with Crippen molar-refractivity contribution in [3.63, 3.8) is 0 Å². The van der Waals surface area contributed by atoms with Crippen LogP contribution in [0.15, 0.2) is 42.5 Å². The van der Waals surface area contributed by atoms with Gasteiger partial charge in [0.15, 0.2) is 0 Å². The molecule has 2 amide bonds. The van der Waals surface area contributed by atoms with Crippen LogP contribution >= 0.6 is 0 Å². The van der Waals surface area contributed by atoms with Crippen LogP contribution in [-0.4, -0.2) is 46.7 Å². The van der Waals surface area contributed by atoms with E-state index in [2.05, 4.69) is 5.32 Å². The summed E-state index contributed by atoms with van der Waals surface area (Å²) in [5.41, 5.74) is 1.34. The molecule has 2 atom stereocenters. The normalized spacial score (nSPS) is 18.1. The van der Waals surface area contributed by atoms with Gasteiger partial charge >= 0.3 is 6.09 Å². The summed E-state index contributed by atoms with van der Waals surface area (Å²) in [6.45, 7) is 4.42. The molecular weight excluding hydrogens is 411 g/mol. The van der Waals surface area contributed by atoms with Crippen LogP contribution in [-0.2, 0) is 10.4 Å². The van der Waals surface area contributed by atoms with E-state index in [4.69, 9.17) is 0 Å². The standard InChI is InChI=1S/C25H31FN2O4/c1-17-6-3-7-19(14-17)22-15-20(9-10-23(22)26)25(32,11-5-12-27-18(2)29)21-8-4-13-28(16-21)24(30)31/h3,6-7,9-10,14-15,21,32H,4-5,8,11-13,16H2,1-2H3,(H,27,29)(H,30,31)/t21?,25-/m1/s1. The highest BCUT2D eigenvalue weighted by Crippen LogP contribution is 2.41. The molecule has 172 valence electrons. The van der Waals surface area contributed by atoms with E-state index in [9.17, 15) is 24.2 Å². The van der Waals surface area contributed by atoms with Crippen molar-refractivity contribution in [2.45, 2.75) is 45.1 Å². The number of carboxylic acid groups (broad SMARTS) is 1. The summed E-state index contributed by atoms with van der Waals surface area (Å²) in [4.78, 5) is 24.1. The minimum Gasteiger partial charge on any atom is -0.465 e. The summed E-state index contributed by atoms with van der Waals surface area (Å²) in [7, 11) is 0. The molecule has 3 N–H and O–H groups in total. The highest BCUT2D eigenvalue weighted by atomic mass is 19.1. The lowest BCUT2D eigenvalue weighted by atomic mass is 9.73. The van der Waals surface area contributed by atoms with Gasteiger partial charge in [-0.05, 0) is 55.9 Å². The maximum Gasteiger partial charge on any atom is 0.407 e. The second kappa shape index (κ2) is 10.1. The number of nitrogens with zero attached hydrogens (tertiary/aromatic N) is 1. The molecule has 1 heterocycles. The molecule has 1 saturated heterocycles. The van der Waals surface area contributed by atoms with Crippen LogP contribution in [0.3, 0.4) is 0 Å². The number of aryl methyl sites for hydroxylation is 1. The third-order valence-corrected chi connectivity index (χ3v) is 6.27. The molecule has 32 heavy (non-hydrogen) atoms. The minimum absolute atomic E-state index is 0.147. The fourth-order valence-corrected chi connectivity index (χ4v) is 4.58. The number of piperidine rings is 1. The summed E-state index contributed by atoms with van der Waals surface area (Å²) in [6, 6.07) is 12.2. The van der Waals surface area contributed by atoms with Gasteiger partial charge in [-0.25, -0.2) is 9.18 Å². The van der Waals surface area contributed by atoms with Crippen LogP contribution < -0.4 is 5.32 Å². The zero-order chi connectivity index (χ0) is 23.3. The molecule has 0 bridgehead atoms. The average Bonchev–Trinajstić information content (AvgIpc) is 2.76. The van der Waals surface area contributed by atoms with Gasteiger partial charge in [0.25, 0.3) is 0 Å². The Kier molecular flexibility index (Phi) is 7.51. The fourth-order valence-electron chi connectivity index (χ4n) is 4.58.